The van der Waals surface area contributed by atoms with Crippen LogP contribution >= 0.6 is 28.3 Å². The van der Waals surface area contributed by atoms with Crippen LogP contribution in [0.4, 0.5) is 14.5 Å². The molecule has 2 amide bonds. The van der Waals surface area contributed by atoms with E-state index in [9.17, 15) is 18.4 Å². The number of amides is 2. The van der Waals surface area contributed by atoms with E-state index in [1.165, 1.54) is 4.90 Å². The van der Waals surface area contributed by atoms with Gasteiger partial charge in [0.15, 0.2) is 0 Å². The topological polar surface area (TPSA) is 75.4 Å². The summed E-state index contributed by atoms with van der Waals surface area (Å²) in [6.07, 6.45) is 0.00907. The highest BCUT2D eigenvalue weighted by Crippen LogP contribution is 2.28. The molecule has 0 spiro atoms. The first-order chi connectivity index (χ1) is 10.7. The van der Waals surface area contributed by atoms with Crippen molar-refractivity contribution in [3.8, 4) is 0 Å². The number of halogens is 4. The number of aryl methyl sites for hydroxylation is 1. The van der Waals surface area contributed by atoms with Crippen molar-refractivity contribution in [1.82, 2.24) is 5.32 Å². The number of nitrogens with one attached hydrogen (secondary N) is 1. The number of hydrogen-bond acceptors (Lipinski definition) is 3. The SMILES string of the molecule is Cc1cc(N2CC(C(=O)NCC(F)(F)CN)CC2=O)ccc1Br.Cl. The fourth-order valence-corrected chi connectivity index (χ4v) is 2.61. The minimum Gasteiger partial charge on any atom is -0.350 e. The average Bonchev–Trinajstić information content (AvgIpc) is 2.90. The molecule has 3 N–H and O–H groups in total. The largest absolute Gasteiger partial charge is 0.350 e. The number of alkyl halides is 2. The molecule has 1 aromatic carbocycles. The molecule has 1 heterocycles. The van der Waals surface area contributed by atoms with E-state index in [0.29, 0.717) is 5.69 Å². The van der Waals surface area contributed by atoms with Gasteiger partial charge in [0.2, 0.25) is 11.8 Å². The maximum atomic E-state index is 13.1. The smallest absolute Gasteiger partial charge is 0.277 e. The minimum atomic E-state index is -3.14. The first kappa shape index (κ1) is 20.8. The molecule has 134 valence electrons. The van der Waals surface area contributed by atoms with Crippen molar-refractivity contribution in [3.05, 3.63) is 28.2 Å². The van der Waals surface area contributed by atoms with Crippen molar-refractivity contribution in [3.63, 3.8) is 0 Å². The summed E-state index contributed by atoms with van der Waals surface area (Å²) in [7, 11) is 0. The summed E-state index contributed by atoms with van der Waals surface area (Å²) in [6, 6.07) is 5.44. The zero-order valence-corrected chi connectivity index (χ0v) is 15.4. The molecule has 1 aromatic rings. The van der Waals surface area contributed by atoms with Gasteiger partial charge in [0.25, 0.3) is 5.92 Å². The van der Waals surface area contributed by atoms with E-state index in [1.54, 1.807) is 6.07 Å². The molecule has 2 rings (SSSR count). The highest BCUT2D eigenvalue weighted by Gasteiger charge is 2.36. The number of hydrogen-bond donors (Lipinski definition) is 2. The summed E-state index contributed by atoms with van der Waals surface area (Å²) >= 11 is 3.39. The van der Waals surface area contributed by atoms with E-state index in [1.807, 2.05) is 19.1 Å². The van der Waals surface area contributed by atoms with Crippen LogP contribution in [0, 0.1) is 12.8 Å². The Kier molecular flexibility index (Phi) is 7.12. The Morgan fingerprint density at radius 3 is 2.75 bits per heavy atom. The van der Waals surface area contributed by atoms with E-state index in [0.717, 1.165) is 10.0 Å². The summed E-state index contributed by atoms with van der Waals surface area (Å²) in [5.41, 5.74) is 6.58. The van der Waals surface area contributed by atoms with Crippen LogP contribution in [0.25, 0.3) is 0 Å². The van der Waals surface area contributed by atoms with Crippen molar-refractivity contribution in [1.29, 1.82) is 0 Å². The Morgan fingerprint density at radius 1 is 1.50 bits per heavy atom. The predicted octanol–water partition coefficient (Wildman–Crippen LogP) is 2.24. The second-order valence-corrected chi connectivity index (χ2v) is 6.47. The first-order valence-corrected chi connectivity index (χ1v) is 7.95. The second-order valence-electron chi connectivity index (χ2n) is 5.62. The lowest BCUT2D eigenvalue weighted by atomic mass is 10.1. The fraction of sp³-hybridized carbons (Fsp3) is 0.467. The van der Waals surface area contributed by atoms with Gasteiger partial charge in [0.1, 0.15) is 0 Å². The van der Waals surface area contributed by atoms with E-state index >= 15 is 0 Å². The highest BCUT2D eigenvalue weighted by atomic mass is 79.9. The lowest BCUT2D eigenvalue weighted by molar-refractivity contribution is -0.127. The summed E-state index contributed by atoms with van der Waals surface area (Å²) in [6.45, 7) is 0.429. The molecule has 1 aliphatic heterocycles. The van der Waals surface area contributed by atoms with Gasteiger partial charge in [0.05, 0.1) is 19.0 Å². The van der Waals surface area contributed by atoms with Crippen LogP contribution in [-0.4, -0.2) is 37.4 Å². The van der Waals surface area contributed by atoms with E-state index in [-0.39, 0.29) is 31.3 Å². The Hall–Kier alpha value is -1.25. The van der Waals surface area contributed by atoms with Gasteiger partial charge in [-0.1, -0.05) is 15.9 Å². The van der Waals surface area contributed by atoms with Gasteiger partial charge in [-0.15, -0.1) is 12.4 Å². The number of nitrogens with zero attached hydrogens (tertiary/aromatic N) is 1. The number of anilines is 1. The molecule has 0 bridgehead atoms. The third-order valence-electron chi connectivity index (χ3n) is 3.77. The van der Waals surface area contributed by atoms with Crippen LogP contribution in [0.5, 0.6) is 0 Å². The molecule has 24 heavy (non-hydrogen) atoms. The Labute approximate surface area is 153 Å². The molecular formula is C15H19BrClF2N3O2. The first-order valence-electron chi connectivity index (χ1n) is 7.15. The fourth-order valence-electron chi connectivity index (χ4n) is 2.36. The molecule has 0 aliphatic carbocycles. The molecule has 1 fully saturated rings. The standard InChI is InChI=1S/C15H18BrF2N3O2.ClH/c1-9-4-11(2-3-12(9)16)21-6-10(5-13(21)22)14(23)20-8-15(17,18)7-19;/h2-4,10H,5-8,19H2,1H3,(H,20,23);1H. The zero-order valence-electron chi connectivity index (χ0n) is 13.0. The number of carbonyl (C=O) groups is 2. The number of benzene rings is 1. The van der Waals surface area contributed by atoms with Gasteiger partial charge >= 0.3 is 0 Å². The third-order valence-corrected chi connectivity index (χ3v) is 4.66. The Balaban J connectivity index is 0.00000288. The molecule has 0 radical (unpaired) electrons. The summed E-state index contributed by atoms with van der Waals surface area (Å²) in [5.74, 6) is -4.53. The molecule has 1 atom stereocenters. The molecule has 0 saturated carbocycles. The maximum absolute atomic E-state index is 13.1. The van der Waals surface area contributed by atoms with E-state index in [2.05, 4.69) is 21.2 Å². The van der Waals surface area contributed by atoms with Gasteiger partial charge in [-0.05, 0) is 30.7 Å². The number of carbonyl (C=O) groups excluding carboxylic acids is 2. The average molecular weight is 427 g/mol. The number of rotatable bonds is 5. The quantitative estimate of drug-likeness (QED) is 0.758. The molecule has 1 unspecified atom stereocenters. The maximum Gasteiger partial charge on any atom is 0.277 e. The van der Waals surface area contributed by atoms with Crippen molar-refractivity contribution >= 4 is 45.8 Å². The summed E-state index contributed by atoms with van der Waals surface area (Å²) in [4.78, 5) is 25.6. The van der Waals surface area contributed by atoms with E-state index < -0.39 is 30.8 Å². The third kappa shape index (κ3) is 4.87. The van der Waals surface area contributed by atoms with Crippen LogP contribution < -0.4 is 16.0 Å². The van der Waals surface area contributed by atoms with Crippen LogP contribution in [0.1, 0.15) is 12.0 Å². The molecule has 9 heteroatoms. The van der Waals surface area contributed by atoms with Crippen LogP contribution in [0.3, 0.4) is 0 Å². The molecular weight excluding hydrogens is 408 g/mol. The summed E-state index contributed by atoms with van der Waals surface area (Å²) in [5, 5.41) is 2.17. The lowest BCUT2D eigenvalue weighted by Gasteiger charge is -2.19. The van der Waals surface area contributed by atoms with Gasteiger partial charge in [-0.3, -0.25) is 9.59 Å². The van der Waals surface area contributed by atoms with Crippen LogP contribution in [0.2, 0.25) is 0 Å². The lowest BCUT2D eigenvalue weighted by Crippen LogP contribution is -2.44. The minimum absolute atomic E-state index is 0. The van der Waals surface area contributed by atoms with Crippen molar-refractivity contribution < 1.29 is 18.4 Å². The van der Waals surface area contributed by atoms with Gasteiger partial charge in [-0.25, -0.2) is 8.78 Å². The van der Waals surface area contributed by atoms with Crippen molar-refractivity contribution in [2.45, 2.75) is 19.3 Å². The summed E-state index contributed by atoms with van der Waals surface area (Å²) < 4.78 is 27.1. The van der Waals surface area contributed by atoms with E-state index in [4.69, 9.17) is 5.73 Å². The normalized spacial score (nSPS) is 17.6. The zero-order chi connectivity index (χ0) is 17.2. The second kappa shape index (κ2) is 8.22. The molecule has 1 saturated heterocycles. The van der Waals surface area contributed by atoms with Crippen molar-refractivity contribution in [2.75, 3.05) is 24.5 Å². The van der Waals surface area contributed by atoms with Gasteiger partial charge in [0, 0.05) is 23.1 Å². The Bertz CT molecular complexity index is 631. The Morgan fingerprint density at radius 2 is 2.17 bits per heavy atom. The monoisotopic (exact) mass is 425 g/mol. The van der Waals surface area contributed by atoms with Crippen LogP contribution in [0.15, 0.2) is 22.7 Å². The van der Waals surface area contributed by atoms with Gasteiger partial charge < -0.3 is 16.0 Å². The highest BCUT2D eigenvalue weighted by molar-refractivity contribution is 9.10. The van der Waals surface area contributed by atoms with Crippen molar-refractivity contribution in [2.24, 2.45) is 11.7 Å². The molecule has 0 aromatic heterocycles. The van der Waals surface area contributed by atoms with Crippen LogP contribution in [-0.2, 0) is 9.59 Å². The predicted molar refractivity (Wildman–Crippen MR) is 93.6 cm³/mol. The molecule has 1 aliphatic rings. The molecule has 5 nitrogen and oxygen atoms in total. The number of nitrogens with two attached hydrogens (primary N) is 1. The van der Waals surface area contributed by atoms with Gasteiger partial charge in [-0.2, -0.15) is 0 Å².